The lowest BCUT2D eigenvalue weighted by molar-refractivity contribution is 0.0905. The van der Waals surface area contributed by atoms with E-state index in [1.807, 2.05) is 118 Å². The van der Waals surface area contributed by atoms with Gasteiger partial charge in [-0.3, -0.25) is 19.6 Å². The van der Waals surface area contributed by atoms with Gasteiger partial charge in [0.15, 0.2) is 11.6 Å². The van der Waals surface area contributed by atoms with E-state index in [9.17, 15) is 9.59 Å². The maximum absolute atomic E-state index is 12.4. The van der Waals surface area contributed by atoms with Crippen LogP contribution < -0.4 is 0 Å². The fourth-order valence-corrected chi connectivity index (χ4v) is 3.42. The number of carbonyl (C=O) groups is 2. The third-order valence-electron chi connectivity index (χ3n) is 5.49. The summed E-state index contributed by atoms with van der Waals surface area (Å²) in [5.41, 5.74) is 2.48. The van der Waals surface area contributed by atoms with Crippen molar-refractivity contribution in [3.63, 3.8) is 0 Å². The van der Waals surface area contributed by atoms with Gasteiger partial charge in [-0.15, -0.1) is 0 Å². The second kappa shape index (κ2) is 11.1. The first kappa shape index (κ1) is 23.7. The van der Waals surface area contributed by atoms with Crippen LogP contribution in [0.2, 0.25) is 0 Å². The first-order valence-electron chi connectivity index (χ1n) is 10.9. The summed E-state index contributed by atoms with van der Waals surface area (Å²) in [5.74, 6) is 0.0136. The molecule has 166 valence electrons. The van der Waals surface area contributed by atoms with Gasteiger partial charge in [-0.2, -0.15) is 0 Å². The van der Waals surface area contributed by atoms with Gasteiger partial charge in [0.1, 0.15) is 0 Å². The molecule has 2 aromatic carbocycles. The molecule has 33 heavy (non-hydrogen) atoms. The molecule has 4 nitrogen and oxygen atoms in total. The molecule has 0 aliphatic rings. The lowest BCUT2D eigenvalue weighted by Crippen LogP contribution is -2.30. The number of rotatable bonds is 6. The summed E-state index contributed by atoms with van der Waals surface area (Å²) in [6, 6.07) is 29.9. The highest BCUT2D eigenvalue weighted by atomic mass is 16.1. The molecule has 0 spiro atoms. The van der Waals surface area contributed by atoms with Gasteiger partial charge in [0, 0.05) is 23.5 Å². The molecule has 0 radical (unpaired) electrons. The number of Topliss-reactive ketones (excluding diaryl/α,β-unsaturated/α-hetero) is 2. The minimum atomic E-state index is -0.595. The van der Waals surface area contributed by atoms with Crippen molar-refractivity contribution < 1.29 is 9.59 Å². The Morgan fingerprint density at radius 1 is 0.667 bits per heavy atom. The third-order valence-corrected chi connectivity index (χ3v) is 5.49. The predicted octanol–water partition coefficient (Wildman–Crippen LogP) is 6.31. The van der Waals surface area contributed by atoms with E-state index in [0.29, 0.717) is 0 Å². The summed E-state index contributed by atoms with van der Waals surface area (Å²) in [4.78, 5) is 33.0. The Kier molecular flexibility index (Phi) is 7.98. The molecule has 0 fully saturated rings. The summed E-state index contributed by atoms with van der Waals surface area (Å²) in [7, 11) is 0. The van der Waals surface area contributed by atoms with E-state index in [0.717, 1.165) is 22.5 Å². The van der Waals surface area contributed by atoms with Gasteiger partial charge < -0.3 is 0 Å². The van der Waals surface area contributed by atoms with Gasteiger partial charge >= 0.3 is 0 Å². The van der Waals surface area contributed by atoms with Crippen molar-refractivity contribution in [2.45, 2.75) is 32.1 Å². The zero-order chi connectivity index (χ0) is 23.7. The maximum atomic E-state index is 12.4. The van der Waals surface area contributed by atoms with Crippen molar-refractivity contribution >= 4 is 11.6 Å². The van der Waals surface area contributed by atoms with Crippen molar-refractivity contribution in [3.05, 3.63) is 132 Å². The number of carbonyl (C=O) groups excluding carboxylic acids is 2. The quantitative estimate of drug-likeness (QED) is 0.332. The fourth-order valence-electron chi connectivity index (χ4n) is 3.42. The topological polar surface area (TPSA) is 59.9 Å². The van der Waals surface area contributed by atoms with Crippen molar-refractivity contribution in [1.29, 1.82) is 0 Å². The Morgan fingerprint density at radius 3 is 1.70 bits per heavy atom. The monoisotopic (exact) mass is 436 g/mol. The number of nitrogens with zero attached hydrogens (tertiary/aromatic N) is 2. The lowest BCUT2D eigenvalue weighted by atomic mass is 9.81. The molecule has 0 N–H and O–H groups in total. The maximum Gasteiger partial charge on any atom is 0.174 e. The third kappa shape index (κ3) is 6.07. The van der Waals surface area contributed by atoms with Gasteiger partial charge in [-0.25, -0.2) is 0 Å². The van der Waals surface area contributed by atoms with E-state index in [1.54, 1.807) is 12.4 Å². The molecule has 4 aromatic rings. The molecule has 0 saturated carbocycles. The number of hydrogen-bond donors (Lipinski definition) is 0. The van der Waals surface area contributed by atoms with Gasteiger partial charge in [0.2, 0.25) is 0 Å². The number of hydrogen-bond acceptors (Lipinski definition) is 4. The van der Waals surface area contributed by atoms with Gasteiger partial charge in [-0.1, -0.05) is 72.8 Å². The highest BCUT2D eigenvalue weighted by Crippen LogP contribution is 2.25. The SMILES string of the molecule is CC(C(=O)c1ccccc1)c1ccccn1.CC(C)(C(=O)c1ccccc1)c1ccccn1. The lowest BCUT2D eigenvalue weighted by Gasteiger charge is -2.22. The second-order valence-corrected chi connectivity index (χ2v) is 8.24. The first-order valence-corrected chi connectivity index (χ1v) is 10.9. The molecule has 4 rings (SSSR count). The second-order valence-electron chi connectivity index (χ2n) is 8.24. The summed E-state index contributed by atoms with van der Waals surface area (Å²) in [5, 5.41) is 0. The minimum absolute atomic E-state index is 0.0943. The zero-order valence-electron chi connectivity index (χ0n) is 19.2. The fraction of sp³-hybridized carbons (Fsp3) is 0.172. The van der Waals surface area contributed by atoms with Crippen LogP contribution in [0.5, 0.6) is 0 Å². The van der Waals surface area contributed by atoms with Crippen molar-refractivity contribution in [2.24, 2.45) is 0 Å². The normalized spacial score (nSPS) is 11.6. The van der Waals surface area contributed by atoms with Crippen LogP contribution in [0.25, 0.3) is 0 Å². The molecule has 1 unspecified atom stereocenters. The van der Waals surface area contributed by atoms with Crippen LogP contribution in [0.3, 0.4) is 0 Å². The van der Waals surface area contributed by atoms with Crippen molar-refractivity contribution in [3.8, 4) is 0 Å². The van der Waals surface area contributed by atoms with Gasteiger partial charge in [-0.05, 0) is 45.0 Å². The molecule has 0 amide bonds. The predicted molar refractivity (Wildman–Crippen MR) is 131 cm³/mol. The highest BCUT2D eigenvalue weighted by Gasteiger charge is 2.31. The highest BCUT2D eigenvalue weighted by molar-refractivity contribution is 6.03. The molecule has 0 aliphatic carbocycles. The minimum Gasteiger partial charge on any atom is -0.293 e. The van der Waals surface area contributed by atoms with E-state index in [1.165, 1.54) is 0 Å². The van der Waals surface area contributed by atoms with E-state index in [-0.39, 0.29) is 17.5 Å². The van der Waals surface area contributed by atoms with E-state index < -0.39 is 5.41 Å². The Bertz CT molecular complexity index is 1160. The summed E-state index contributed by atoms with van der Waals surface area (Å²) >= 11 is 0. The van der Waals surface area contributed by atoms with Gasteiger partial charge in [0.25, 0.3) is 0 Å². The molecule has 1 atom stereocenters. The molecular weight excluding hydrogens is 408 g/mol. The van der Waals surface area contributed by atoms with E-state index in [4.69, 9.17) is 0 Å². The van der Waals surface area contributed by atoms with Crippen LogP contribution in [-0.2, 0) is 5.41 Å². The van der Waals surface area contributed by atoms with Crippen LogP contribution in [0, 0.1) is 0 Å². The standard InChI is InChI=1S/C15H15NO.C14H13NO/c1-15(2,13-10-6-7-11-16-13)14(17)12-8-4-3-5-9-12;1-11(13-9-5-6-10-15-13)14(16)12-7-3-2-4-8-12/h3-11H,1-2H3;2-11H,1H3. The Labute approximate surface area is 195 Å². The Morgan fingerprint density at radius 2 is 1.18 bits per heavy atom. The van der Waals surface area contributed by atoms with Crippen LogP contribution in [0.1, 0.15) is 58.8 Å². The number of pyridine rings is 2. The summed E-state index contributed by atoms with van der Waals surface area (Å²) in [6.45, 7) is 5.70. The summed E-state index contributed by atoms with van der Waals surface area (Å²) in [6.07, 6.45) is 3.43. The number of aromatic nitrogens is 2. The smallest absolute Gasteiger partial charge is 0.174 e. The molecular formula is C29H28N2O2. The van der Waals surface area contributed by atoms with Gasteiger partial charge in [0.05, 0.1) is 22.7 Å². The molecule has 0 saturated heterocycles. The van der Waals surface area contributed by atoms with Crippen LogP contribution >= 0.6 is 0 Å². The van der Waals surface area contributed by atoms with E-state index in [2.05, 4.69) is 9.97 Å². The Balaban J connectivity index is 0.000000186. The van der Waals surface area contributed by atoms with Crippen molar-refractivity contribution in [2.75, 3.05) is 0 Å². The zero-order valence-corrected chi connectivity index (χ0v) is 19.2. The molecule has 4 heteroatoms. The average molecular weight is 437 g/mol. The van der Waals surface area contributed by atoms with Crippen LogP contribution in [0.15, 0.2) is 109 Å². The molecule has 0 bridgehead atoms. The summed E-state index contributed by atoms with van der Waals surface area (Å²) < 4.78 is 0. The number of benzene rings is 2. The van der Waals surface area contributed by atoms with Crippen LogP contribution in [0.4, 0.5) is 0 Å². The number of ketones is 2. The molecule has 0 aliphatic heterocycles. The average Bonchev–Trinajstić information content (AvgIpc) is 2.89. The largest absolute Gasteiger partial charge is 0.293 e. The first-order chi connectivity index (χ1) is 15.9. The molecule has 2 heterocycles. The van der Waals surface area contributed by atoms with Crippen molar-refractivity contribution in [1.82, 2.24) is 9.97 Å². The van der Waals surface area contributed by atoms with Crippen LogP contribution in [-0.4, -0.2) is 21.5 Å². The van der Waals surface area contributed by atoms with E-state index >= 15 is 0 Å². The Hall–Kier alpha value is -3.92. The molecule has 2 aromatic heterocycles.